The molecule has 0 saturated carbocycles. The Morgan fingerprint density at radius 2 is 2.18 bits per heavy atom. The minimum absolute atomic E-state index is 0.133. The highest BCUT2D eigenvalue weighted by Crippen LogP contribution is 2.17. The Morgan fingerprint density at radius 3 is 2.82 bits per heavy atom. The van der Waals surface area contributed by atoms with Gasteiger partial charge in [-0.25, -0.2) is 4.39 Å². The van der Waals surface area contributed by atoms with Crippen molar-refractivity contribution in [3.05, 3.63) is 57.0 Å². The monoisotopic (exact) mass is 339 g/mol. The smallest absolute Gasteiger partial charge is 0.191 e. The summed E-state index contributed by atoms with van der Waals surface area (Å²) in [4.78, 5) is 4.19. The fourth-order valence-electron chi connectivity index (χ4n) is 1.98. The lowest BCUT2D eigenvalue weighted by molar-refractivity contribution is 0.627. The van der Waals surface area contributed by atoms with Crippen LogP contribution in [0.4, 0.5) is 4.39 Å². The highest BCUT2D eigenvalue weighted by molar-refractivity contribution is 7.07. The summed E-state index contributed by atoms with van der Waals surface area (Å²) < 4.78 is 13.1. The van der Waals surface area contributed by atoms with Crippen molar-refractivity contribution < 1.29 is 4.39 Å². The third kappa shape index (κ3) is 4.71. The van der Waals surface area contributed by atoms with Crippen molar-refractivity contribution >= 4 is 28.9 Å². The number of thiophene rings is 1. The van der Waals surface area contributed by atoms with E-state index < -0.39 is 5.82 Å². The first kappa shape index (κ1) is 16.8. The Morgan fingerprint density at radius 1 is 1.36 bits per heavy atom. The molecule has 0 amide bonds. The van der Waals surface area contributed by atoms with Gasteiger partial charge in [-0.2, -0.15) is 11.3 Å². The predicted molar refractivity (Wildman–Crippen MR) is 92.3 cm³/mol. The van der Waals surface area contributed by atoms with Gasteiger partial charge in [0.05, 0.1) is 5.02 Å². The molecule has 2 N–H and O–H groups in total. The van der Waals surface area contributed by atoms with E-state index in [1.54, 1.807) is 30.5 Å². The van der Waals surface area contributed by atoms with Crippen LogP contribution in [0.3, 0.4) is 0 Å². The average Bonchev–Trinajstić information content (AvgIpc) is 3.05. The molecule has 0 radical (unpaired) electrons. The van der Waals surface area contributed by atoms with E-state index in [2.05, 4.69) is 39.4 Å². The maximum atomic E-state index is 13.1. The van der Waals surface area contributed by atoms with Gasteiger partial charge in [0.15, 0.2) is 5.96 Å². The Kier molecular flexibility index (Phi) is 6.21. The highest BCUT2D eigenvalue weighted by Gasteiger charge is 2.07. The van der Waals surface area contributed by atoms with Gasteiger partial charge in [0.1, 0.15) is 5.82 Å². The van der Waals surface area contributed by atoms with Crippen molar-refractivity contribution in [1.29, 1.82) is 0 Å². The van der Waals surface area contributed by atoms with Crippen LogP contribution in [0.25, 0.3) is 0 Å². The maximum Gasteiger partial charge on any atom is 0.191 e. The summed E-state index contributed by atoms with van der Waals surface area (Å²) in [6.07, 6.45) is 0. The summed E-state index contributed by atoms with van der Waals surface area (Å²) >= 11 is 7.48. The molecule has 0 aliphatic rings. The molecule has 22 heavy (non-hydrogen) atoms. The van der Waals surface area contributed by atoms with Crippen LogP contribution >= 0.6 is 22.9 Å². The minimum Gasteiger partial charge on any atom is -0.356 e. The minimum atomic E-state index is -0.405. The molecule has 2 aromatic rings. The Bertz CT molecular complexity index is 628. The molecule has 0 aliphatic carbocycles. The summed E-state index contributed by atoms with van der Waals surface area (Å²) in [6.45, 7) is 3.50. The van der Waals surface area contributed by atoms with E-state index in [1.165, 1.54) is 11.6 Å². The Labute approximate surface area is 139 Å². The first-order chi connectivity index (χ1) is 10.6. The van der Waals surface area contributed by atoms with Gasteiger partial charge >= 0.3 is 0 Å². The summed E-state index contributed by atoms with van der Waals surface area (Å²) in [5.41, 5.74) is 2.22. The van der Waals surface area contributed by atoms with E-state index in [4.69, 9.17) is 11.6 Å². The summed E-state index contributed by atoms with van der Waals surface area (Å²) in [6, 6.07) is 6.82. The summed E-state index contributed by atoms with van der Waals surface area (Å²) in [5.74, 6) is 0.713. The molecule has 0 saturated heterocycles. The van der Waals surface area contributed by atoms with Gasteiger partial charge in [-0.1, -0.05) is 24.6 Å². The molecular formula is C16H19ClFN3S. The quantitative estimate of drug-likeness (QED) is 0.638. The topological polar surface area (TPSA) is 36.4 Å². The van der Waals surface area contributed by atoms with Crippen LogP contribution in [-0.4, -0.2) is 19.6 Å². The second kappa shape index (κ2) is 8.15. The number of rotatable bonds is 5. The van der Waals surface area contributed by atoms with Crippen LogP contribution < -0.4 is 10.6 Å². The van der Waals surface area contributed by atoms with Crippen LogP contribution in [0.1, 0.15) is 24.0 Å². The van der Waals surface area contributed by atoms with E-state index in [0.29, 0.717) is 18.4 Å². The van der Waals surface area contributed by atoms with E-state index in [1.807, 2.05) is 0 Å². The van der Waals surface area contributed by atoms with Gasteiger partial charge in [0.25, 0.3) is 0 Å². The van der Waals surface area contributed by atoms with E-state index in [9.17, 15) is 4.39 Å². The lowest BCUT2D eigenvalue weighted by atomic mass is 10.1. The lowest BCUT2D eigenvalue weighted by Gasteiger charge is -2.15. The van der Waals surface area contributed by atoms with Gasteiger partial charge in [0.2, 0.25) is 0 Å². The Balaban J connectivity index is 1.83. The first-order valence-electron chi connectivity index (χ1n) is 7.00. The van der Waals surface area contributed by atoms with Crippen molar-refractivity contribution in [2.75, 3.05) is 13.6 Å². The number of halogens is 2. The molecule has 0 bridgehead atoms. The third-order valence-corrected chi connectivity index (χ3v) is 4.35. The molecule has 0 spiro atoms. The number of hydrogen-bond donors (Lipinski definition) is 2. The van der Waals surface area contributed by atoms with Crippen LogP contribution in [0, 0.1) is 5.82 Å². The molecule has 0 fully saturated rings. The summed E-state index contributed by atoms with van der Waals surface area (Å²) in [5, 5.41) is 10.9. The molecule has 0 aliphatic heterocycles. The van der Waals surface area contributed by atoms with Crippen LogP contribution in [-0.2, 0) is 6.54 Å². The van der Waals surface area contributed by atoms with E-state index in [-0.39, 0.29) is 5.02 Å². The zero-order chi connectivity index (χ0) is 15.9. The molecule has 118 valence electrons. The summed E-state index contributed by atoms with van der Waals surface area (Å²) in [7, 11) is 1.72. The van der Waals surface area contributed by atoms with Crippen molar-refractivity contribution in [1.82, 2.24) is 10.6 Å². The number of nitrogens with zero attached hydrogens (tertiary/aromatic N) is 1. The molecule has 2 rings (SSSR count). The van der Waals surface area contributed by atoms with Gasteiger partial charge < -0.3 is 10.6 Å². The van der Waals surface area contributed by atoms with E-state index >= 15 is 0 Å². The van der Waals surface area contributed by atoms with Crippen molar-refractivity contribution in [3.63, 3.8) is 0 Å². The average molecular weight is 340 g/mol. The zero-order valence-corrected chi connectivity index (χ0v) is 14.1. The van der Waals surface area contributed by atoms with Crippen molar-refractivity contribution in [3.8, 4) is 0 Å². The number of hydrogen-bond acceptors (Lipinski definition) is 2. The van der Waals surface area contributed by atoms with Crippen molar-refractivity contribution in [2.24, 2.45) is 4.99 Å². The lowest BCUT2D eigenvalue weighted by Crippen LogP contribution is -2.38. The molecule has 1 unspecified atom stereocenters. The van der Waals surface area contributed by atoms with Gasteiger partial charge in [-0.15, -0.1) is 0 Å². The van der Waals surface area contributed by atoms with Crippen LogP contribution in [0.5, 0.6) is 0 Å². The second-order valence-corrected chi connectivity index (χ2v) is 6.20. The van der Waals surface area contributed by atoms with Gasteiger partial charge in [-0.05, 0) is 46.0 Å². The molecular weight excluding hydrogens is 321 g/mol. The number of aliphatic imine (C=N–C) groups is 1. The van der Waals surface area contributed by atoms with Crippen molar-refractivity contribution in [2.45, 2.75) is 19.4 Å². The molecule has 1 aromatic heterocycles. The molecule has 3 nitrogen and oxygen atoms in total. The highest BCUT2D eigenvalue weighted by atomic mass is 35.5. The molecule has 1 heterocycles. The number of benzene rings is 1. The Hall–Kier alpha value is -1.59. The van der Waals surface area contributed by atoms with Crippen LogP contribution in [0.2, 0.25) is 5.02 Å². The second-order valence-electron chi connectivity index (χ2n) is 5.01. The molecule has 1 atom stereocenters. The SMILES string of the molecule is CN=C(NCc1ccc(F)c(Cl)c1)NCC(C)c1ccsc1. The van der Waals surface area contributed by atoms with E-state index in [0.717, 1.165) is 12.1 Å². The zero-order valence-electron chi connectivity index (χ0n) is 12.6. The number of guanidine groups is 1. The molecule has 1 aromatic carbocycles. The normalized spacial score (nSPS) is 13.0. The molecule has 6 heteroatoms. The fourth-order valence-corrected chi connectivity index (χ4v) is 2.96. The predicted octanol–water partition coefficient (Wildman–Crippen LogP) is 4.01. The third-order valence-electron chi connectivity index (χ3n) is 3.36. The van der Waals surface area contributed by atoms with Crippen LogP contribution in [0.15, 0.2) is 40.0 Å². The fraction of sp³-hybridized carbons (Fsp3) is 0.312. The number of nitrogens with one attached hydrogen (secondary N) is 2. The maximum absolute atomic E-state index is 13.1. The van der Waals surface area contributed by atoms with Gasteiger partial charge in [-0.3, -0.25) is 4.99 Å². The standard InChI is InChI=1S/C16H19ClFN3S/c1-11(13-5-6-22-10-13)8-20-16(19-2)21-9-12-3-4-15(18)14(17)7-12/h3-7,10-11H,8-9H2,1-2H3,(H2,19,20,21). The largest absolute Gasteiger partial charge is 0.356 e. The van der Waals surface area contributed by atoms with Gasteiger partial charge in [0, 0.05) is 20.1 Å². The first-order valence-corrected chi connectivity index (χ1v) is 8.32.